The van der Waals surface area contributed by atoms with Gasteiger partial charge in [0.2, 0.25) is 5.91 Å². The van der Waals surface area contributed by atoms with Gasteiger partial charge in [0.1, 0.15) is 5.92 Å². The van der Waals surface area contributed by atoms with Crippen molar-refractivity contribution in [3.63, 3.8) is 0 Å². The third-order valence-electron chi connectivity index (χ3n) is 1.60. The highest BCUT2D eigenvalue weighted by molar-refractivity contribution is 5.98. The number of hydrogen-bond donors (Lipinski definition) is 1. The SMILES string of the molecule is CCOC(=O)C1CC=CNC1=O. The lowest BCUT2D eigenvalue weighted by Crippen LogP contribution is -2.35. The zero-order valence-electron chi connectivity index (χ0n) is 6.87. The van der Waals surface area contributed by atoms with Crippen LogP contribution in [0.2, 0.25) is 0 Å². The Kier molecular flexibility index (Phi) is 2.85. The van der Waals surface area contributed by atoms with E-state index in [2.05, 4.69) is 5.32 Å². The number of nitrogens with one attached hydrogen (secondary N) is 1. The molecule has 1 heterocycles. The molecule has 0 aliphatic carbocycles. The van der Waals surface area contributed by atoms with Crippen LogP contribution in [0.5, 0.6) is 0 Å². The average molecular weight is 169 g/mol. The molecule has 0 saturated carbocycles. The first kappa shape index (κ1) is 8.77. The summed E-state index contributed by atoms with van der Waals surface area (Å²) in [6.07, 6.45) is 3.71. The van der Waals surface area contributed by atoms with E-state index in [1.54, 1.807) is 13.0 Å². The fourth-order valence-electron chi connectivity index (χ4n) is 0.999. The molecule has 12 heavy (non-hydrogen) atoms. The van der Waals surface area contributed by atoms with Gasteiger partial charge in [0.25, 0.3) is 0 Å². The third kappa shape index (κ3) is 1.84. The van der Waals surface area contributed by atoms with E-state index in [1.807, 2.05) is 0 Å². The summed E-state index contributed by atoms with van der Waals surface area (Å²) >= 11 is 0. The summed E-state index contributed by atoms with van der Waals surface area (Å²) in [4.78, 5) is 22.1. The van der Waals surface area contributed by atoms with E-state index >= 15 is 0 Å². The summed E-state index contributed by atoms with van der Waals surface area (Å²) in [7, 11) is 0. The molecule has 1 aliphatic rings. The molecule has 0 aromatic rings. The van der Waals surface area contributed by atoms with Gasteiger partial charge in [-0.2, -0.15) is 0 Å². The maximum Gasteiger partial charge on any atom is 0.318 e. The van der Waals surface area contributed by atoms with E-state index in [1.165, 1.54) is 6.20 Å². The third-order valence-corrected chi connectivity index (χ3v) is 1.60. The molecule has 1 rings (SSSR count). The van der Waals surface area contributed by atoms with Gasteiger partial charge in [0.15, 0.2) is 0 Å². The highest BCUT2D eigenvalue weighted by Gasteiger charge is 2.27. The predicted octanol–water partition coefficient (Wildman–Crippen LogP) is 0.199. The predicted molar refractivity (Wildman–Crippen MR) is 42.0 cm³/mol. The maximum atomic E-state index is 11.1. The molecular formula is C8H11NO3. The van der Waals surface area contributed by atoms with Crippen LogP contribution >= 0.6 is 0 Å². The fourth-order valence-corrected chi connectivity index (χ4v) is 0.999. The fraction of sp³-hybridized carbons (Fsp3) is 0.500. The molecule has 1 amide bonds. The number of hydrogen-bond acceptors (Lipinski definition) is 3. The van der Waals surface area contributed by atoms with Crippen molar-refractivity contribution in [2.45, 2.75) is 13.3 Å². The number of amides is 1. The zero-order chi connectivity index (χ0) is 8.97. The van der Waals surface area contributed by atoms with Crippen molar-refractivity contribution in [1.82, 2.24) is 5.32 Å². The lowest BCUT2D eigenvalue weighted by atomic mass is 10.0. The first-order valence-corrected chi connectivity index (χ1v) is 3.87. The van der Waals surface area contributed by atoms with Crippen molar-refractivity contribution in [2.75, 3.05) is 6.61 Å². The van der Waals surface area contributed by atoms with E-state index in [-0.39, 0.29) is 5.91 Å². The molecule has 4 nitrogen and oxygen atoms in total. The highest BCUT2D eigenvalue weighted by atomic mass is 16.5. The molecule has 1 N–H and O–H groups in total. The topological polar surface area (TPSA) is 55.4 Å². The normalized spacial score (nSPS) is 21.8. The number of ether oxygens (including phenoxy) is 1. The minimum atomic E-state index is -0.657. The van der Waals surface area contributed by atoms with Gasteiger partial charge in [-0.15, -0.1) is 0 Å². The summed E-state index contributed by atoms with van der Waals surface area (Å²) in [6, 6.07) is 0. The van der Waals surface area contributed by atoms with Gasteiger partial charge in [-0.1, -0.05) is 6.08 Å². The molecule has 1 aliphatic heterocycles. The number of allylic oxidation sites excluding steroid dienone is 1. The monoisotopic (exact) mass is 169 g/mol. The standard InChI is InChI=1S/C8H11NO3/c1-2-12-8(11)6-4-3-5-9-7(6)10/h3,5-6H,2,4H2,1H3,(H,9,10). The lowest BCUT2D eigenvalue weighted by molar-refractivity contribution is -0.152. The van der Waals surface area contributed by atoms with Gasteiger partial charge in [0.05, 0.1) is 6.61 Å². The summed E-state index contributed by atoms with van der Waals surface area (Å²) < 4.78 is 4.72. The number of carbonyl (C=O) groups excluding carboxylic acids is 2. The van der Waals surface area contributed by atoms with Gasteiger partial charge in [-0.25, -0.2) is 0 Å². The largest absolute Gasteiger partial charge is 0.465 e. The summed E-state index contributed by atoms with van der Waals surface area (Å²) in [5.74, 6) is -1.38. The summed E-state index contributed by atoms with van der Waals surface area (Å²) in [6.45, 7) is 2.03. The van der Waals surface area contributed by atoms with Crippen LogP contribution < -0.4 is 5.32 Å². The molecular weight excluding hydrogens is 158 g/mol. The molecule has 4 heteroatoms. The second-order valence-corrected chi connectivity index (χ2v) is 2.45. The molecule has 0 aromatic carbocycles. The average Bonchev–Trinajstić information content (AvgIpc) is 2.05. The molecule has 0 saturated heterocycles. The quantitative estimate of drug-likeness (QED) is 0.474. The van der Waals surface area contributed by atoms with Crippen LogP contribution in [-0.4, -0.2) is 18.5 Å². The molecule has 0 bridgehead atoms. The van der Waals surface area contributed by atoms with E-state index in [9.17, 15) is 9.59 Å². The van der Waals surface area contributed by atoms with Crippen LogP contribution in [0.15, 0.2) is 12.3 Å². The van der Waals surface area contributed by atoms with Crippen molar-refractivity contribution in [3.05, 3.63) is 12.3 Å². The Morgan fingerprint density at radius 2 is 2.58 bits per heavy atom. The van der Waals surface area contributed by atoms with Crippen molar-refractivity contribution in [1.29, 1.82) is 0 Å². The van der Waals surface area contributed by atoms with E-state index in [0.717, 1.165) is 0 Å². The Hall–Kier alpha value is -1.32. The van der Waals surface area contributed by atoms with Gasteiger partial charge >= 0.3 is 5.97 Å². The molecule has 0 aromatic heterocycles. The maximum absolute atomic E-state index is 11.1. The van der Waals surface area contributed by atoms with Gasteiger partial charge in [0, 0.05) is 0 Å². The van der Waals surface area contributed by atoms with Crippen LogP contribution in [0.25, 0.3) is 0 Å². The van der Waals surface area contributed by atoms with E-state index < -0.39 is 11.9 Å². The van der Waals surface area contributed by atoms with Crippen molar-refractivity contribution >= 4 is 11.9 Å². The number of carbonyl (C=O) groups is 2. The first-order chi connectivity index (χ1) is 5.75. The van der Waals surface area contributed by atoms with Crippen molar-refractivity contribution in [2.24, 2.45) is 5.92 Å². The van der Waals surface area contributed by atoms with E-state index in [4.69, 9.17) is 4.74 Å². The molecule has 1 unspecified atom stereocenters. The molecule has 1 atom stereocenters. The van der Waals surface area contributed by atoms with Gasteiger partial charge in [-0.3, -0.25) is 9.59 Å². The minimum absolute atomic E-state index is 0.282. The minimum Gasteiger partial charge on any atom is -0.465 e. The Morgan fingerprint density at radius 3 is 3.17 bits per heavy atom. The van der Waals surface area contributed by atoms with Crippen LogP contribution in [0, 0.1) is 5.92 Å². The zero-order valence-corrected chi connectivity index (χ0v) is 6.87. The summed E-state index contributed by atoms with van der Waals surface area (Å²) in [5, 5.41) is 2.45. The second-order valence-electron chi connectivity index (χ2n) is 2.45. The molecule has 0 radical (unpaired) electrons. The van der Waals surface area contributed by atoms with Crippen molar-refractivity contribution in [3.8, 4) is 0 Å². The molecule has 0 spiro atoms. The number of rotatable bonds is 2. The van der Waals surface area contributed by atoms with Crippen molar-refractivity contribution < 1.29 is 14.3 Å². The van der Waals surface area contributed by atoms with Gasteiger partial charge in [-0.05, 0) is 19.5 Å². The Morgan fingerprint density at radius 1 is 1.83 bits per heavy atom. The van der Waals surface area contributed by atoms with Crippen LogP contribution in [0.4, 0.5) is 0 Å². The Bertz CT molecular complexity index is 222. The lowest BCUT2D eigenvalue weighted by Gasteiger charge is -2.15. The molecule has 66 valence electrons. The number of esters is 1. The summed E-state index contributed by atoms with van der Waals surface area (Å²) in [5.41, 5.74) is 0. The van der Waals surface area contributed by atoms with Crippen LogP contribution in [-0.2, 0) is 14.3 Å². The van der Waals surface area contributed by atoms with Crippen LogP contribution in [0.1, 0.15) is 13.3 Å². The Balaban J connectivity index is 2.55. The molecule has 0 fully saturated rings. The van der Waals surface area contributed by atoms with E-state index in [0.29, 0.717) is 13.0 Å². The second kappa shape index (κ2) is 3.90. The first-order valence-electron chi connectivity index (χ1n) is 3.87. The smallest absolute Gasteiger partial charge is 0.318 e. The highest BCUT2D eigenvalue weighted by Crippen LogP contribution is 2.10. The van der Waals surface area contributed by atoms with Gasteiger partial charge < -0.3 is 10.1 Å². The Labute approximate surface area is 70.6 Å². The van der Waals surface area contributed by atoms with Crippen LogP contribution in [0.3, 0.4) is 0 Å².